The first kappa shape index (κ1) is 11.3. The Morgan fingerprint density at radius 1 is 0.947 bits per heavy atom. The van der Waals surface area contributed by atoms with Gasteiger partial charge in [0.2, 0.25) is 0 Å². The first-order chi connectivity index (χ1) is 9.24. The van der Waals surface area contributed by atoms with Crippen molar-refractivity contribution in [3.05, 3.63) is 70.9 Å². The van der Waals surface area contributed by atoms with Crippen molar-refractivity contribution in [3.8, 4) is 11.1 Å². The van der Waals surface area contributed by atoms with E-state index in [1.165, 1.54) is 6.07 Å². The number of non-ortho nitro benzene ring substituents is 1. The summed E-state index contributed by atoms with van der Waals surface area (Å²) in [5.41, 5.74) is 2.80. The number of aromatic nitrogens is 1. The van der Waals surface area contributed by atoms with Gasteiger partial charge in [-0.15, -0.1) is 0 Å². The number of hydrogen-bond acceptors (Lipinski definition) is 3. The minimum absolute atomic E-state index is 0.101. The number of hydrogen-bond donors (Lipinski definition) is 0. The van der Waals surface area contributed by atoms with Crippen LogP contribution in [-0.2, 0) is 0 Å². The van der Waals surface area contributed by atoms with Gasteiger partial charge in [0.1, 0.15) is 0 Å². The smallest absolute Gasteiger partial charge is 0.258 e. The van der Waals surface area contributed by atoms with Gasteiger partial charge in [0.05, 0.1) is 10.4 Å². The third-order valence-corrected chi connectivity index (χ3v) is 2.99. The Balaban J connectivity index is 2.13. The van der Waals surface area contributed by atoms with Gasteiger partial charge in [-0.1, -0.05) is 24.3 Å². The predicted octanol–water partition coefficient (Wildman–Crippen LogP) is 3.81. The maximum absolute atomic E-state index is 10.8. The Bertz CT molecular complexity index is 769. The fraction of sp³-hybridized carbons (Fsp3) is 0. The summed E-state index contributed by atoms with van der Waals surface area (Å²) in [6.45, 7) is 0. The number of fused-ring (bicyclic) bond motifs is 1. The molecule has 0 saturated carbocycles. The Morgan fingerprint density at radius 3 is 2.63 bits per heavy atom. The molecule has 4 heteroatoms. The van der Waals surface area contributed by atoms with Gasteiger partial charge in [-0.2, -0.15) is 0 Å². The van der Waals surface area contributed by atoms with E-state index in [1.54, 1.807) is 18.3 Å². The number of nitrogens with zero attached hydrogens (tertiary/aromatic N) is 2. The third kappa shape index (κ3) is 2.15. The second-order valence-electron chi connectivity index (χ2n) is 4.22. The van der Waals surface area contributed by atoms with Crippen LogP contribution in [0.4, 0.5) is 5.69 Å². The molecule has 0 atom stereocenters. The van der Waals surface area contributed by atoms with E-state index in [-0.39, 0.29) is 10.6 Å². The van der Waals surface area contributed by atoms with Crippen molar-refractivity contribution in [2.45, 2.75) is 0 Å². The van der Waals surface area contributed by atoms with Gasteiger partial charge < -0.3 is 0 Å². The van der Waals surface area contributed by atoms with Crippen LogP contribution in [0, 0.1) is 10.1 Å². The fourth-order valence-corrected chi connectivity index (χ4v) is 2.05. The van der Waals surface area contributed by atoms with E-state index >= 15 is 0 Å². The monoisotopic (exact) mass is 250 g/mol. The summed E-state index contributed by atoms with van der Waals surface area (Å²) in [5.74, 6) is 0. The van der Waals surface area contributed by atoms with Crippen LogP contribution in [0.2, 0.25) is 0 Å². The quantitative estimate of drug-likeness (QED) is 0.513. The van der Waals surface area contributed by atoms with E-state index in [1.807, 2.05) is 36.4 Å². The first-order valence-corrected chi connectivity index (χ1v) is 5.84. The van der Waals surface area contributed by atoms with E-state index in [0.29, 0.717) is 0 Å². The highest BCUT2D eigenvalue weighted by Gasteiger charge is 2.07. The Kier molecular flexibility index (Phi) is 2.68. The lowest BCUT2D eigenvalue weighted by Crippen LogP contribution is -1.88. The maximum Gasteiger partial charge on any atom is 0.270 e. The van der Waals surface area contributed by atoms with Crippen LogP contribution in [0.5, 0.6) is 0 Å². The third-order valence-electron chi connectivity index (χ3n) is 2.99. The van der Waals surface area contributed by atoms with Crippen molar-refractivity contribution in [2.75, 3.05) is 0 Å². The lowest BCUT2D eigenvalue weighted by molar-refractivity contribution is -0.384. The Labute approximate surface area is 109 Å². The summed E-state index contributed by atoms with van der Waals surface area (Å²) in [4.78, 5) is 14.7. The van der Waals surface area contributed by atoms with Crippen molar-refractivity contribution >= 4 is 16.6 Å². The number of benzene rings is 2. The van der Waals surface area contributed by atoms with Crippen LogP contribution in [0.15, 0.2) is 60.8 Å². The summed E-state index contributed by atoms with van der Waals surface area (Å²) in [5, 5.41) is 11.8. The van der Waals surface area contributed by atoms with Crippen LogP contribution >= 0.6 is 0 Å². The normalized spacial score (nSPS) is 10.5. The molecule has 0 aliphatic carbocycles. The average molecular weight is 250 g/mol. The standard InChI is InChI=1S/C15H10N2O2/c18-17(19)14-5-1-3-11(10-14)12-6-7-15-13(9-12)4-2-8-16-15/h1-10H. The summed E-state index contributed by atoms with van der Waals surface area (Å²) in [6.07, 6.45) is 1.75. The summed E-state index contributed by atoms with van der Waals surface area (Å²) >= 11 is 0. The van der Waals surface area contributed by atoms with Gasteiger partial charge in [-0.05, 0) is 29.3 Å². The average Bonchev–Trinajstić information content (AvgIpc) is 2.47. The molecular formula is C15H10N2O2. The van der Waals surface area contributed by atoms with Crippen molar-refractivity contribution in [2.24, 2.45) is 0 Å². The van der Waals surface area contributed by atoms with Crippen molar-refractivity contribution in [3.63, 3.8) is 0 Å². The molecule has 0 bridgehead atoms. The molecule has 19 heavy (non-hydrogen) atoms. The van der Waals surface area contributed by atoms with Gasteiger partial charge >= 0.3 is 0 Å². The van der Waals surface area contributed by atoms with Crippen LogP contribution in [0.1, 0.15) is 0 Å². The van der Waals surface area contributed by atoms with E-state index in [2.05, 4.69) is 4.98 Å². The SMILES string of the molecule is O=[N+]([O-])c1cccc(-c2ccc3ncccc3c2)c1. The van der Waals surface area contributed by atoms with Crippen molar-refractivity contribution in [1.82, 2.24) is 4.98 Å². The summed E-state index contributed by atoms with van der Waals surface area (Å²) in [7, 11) is 0. The lowest BCUT2D eigenvalue weighted by atomic mass is 10.0. The zero-order valence-corrected chi connectivity index (χ0v) is 9.98. The second-order valence-corrected chi connectivity index (χ2v) is 4.22. The Hall–Kier alpha value is -2.75. The predicted molar refractivity (Wildman–Crippen MR) is 73.8 cm³/mol. The van der Waals surface area contributed by atoms with E-state index in [4.69, 9.17) is 0 Å². The largest absolute Gasteiger partial charge is 0.270 e. The highest BCUT2D eigenvalue weighted by molar-refractivity contribution is 5.84. The maximum atomic E-state index is 10.8. The molecule has 0 aliphatic rings. The summed E-state index contributed by atoms with van der Waals surface area (Å²) in [6, 6.07) is 16.3. The fourth-order valence-electron chi connectivity index (χ4n) is 2.05. The molecule has 1 aromatic heterocycles. The lowest BCUT2D eigenvalue weighted by Gasteiger charge is -2.03. The topological polar surface area (TPSA) is 56.0 Å². The van der Waals surface area contributed by atoms with E-state index < -0.39 is 0 Å². The molecule has 0 saturated heterocycles. The number of nitro groups is 1. The first-order valence-electron chi connectivity index (χ1n) is 5.84. The number of pyridine rings is 1. The zero-order chi connectivity index (χ0) is 13.2. The molecule has 1 heterocycles. The van der Waals surface area contributed by atoms with Crippen LogP contribution in [-0.4, -0.2) is 9.91 Å². The van der Waals surface area contributed by atoms with Crippen LogP contribution < -0.4 is 0 Å². The van der Waals surface area contributed by atoms with Gasteiger partial charge in [0.15, 0.2) is 0 Å². The van der Waals surface area contributed by atoms with Gasteiger partial charge in [-0.25, -0.2) is 0 Å². The molecule has 0 fully saturated rings. The zero-order valence-electron chi connectivity index (χ0n) is 9.98. The highest BCUT2D eigenvalue weighted by Crippen LogP contribution is 2.26. The molecular weight excluding hydrogens is 240 g/mol. The molecule has 0 aliphatic heterocycles. The van der Waals surface area contributed by atoms with Crippen LogP contribution in [0.3, 0.4) is 0 Å². The highest BCUT2D eigenvalue weighted by atomic mass is 16.6. The molecule has 4 nitrogen and oxygen atoms in total. The van der Waals surface area contributed by atoms with Crippen LogP contribution in [0.25, 0.3) is 22.0 Å². The van der Waals surface area contributed by atoms with Gasteiger partial charge in [0, 0.05) is 23.7 Å². The molecule has 2 aromatic carbocycles. The molecule has 3 aromatic rings. The van der Waals surface area contributed by atoms with Crippen molar-refractivity contribution < 1.29 is 4.92 Å². The second kappa shape index (κ2) is 4.49. The summed E-state index contributed by atoms with van der Waals surface area (Å²) < 4.78 is 0. The number of nitro benzene ring substituents is 1. The molecule has 0 N–H and O–H groups in total. The van der Waals surface area contributed by atoms with E-state index in [9.17, 15) is 10.1 Å². The van der Waals surface area contributed by atoms with E-state index in [0.717, 1.165) is 22.0 Å². The van der Waals surface area contributed by atoms with Crippen molar-refractivity contribution in [1.29, 1.82) is 0 Å². The molecule has 0 spiro atoms. The molecule has 0 radical (unpaired) electrons. The molecule has 0 unspecified atom stereocenters. The molecule has 0 amide bonds. The number of rotatable bonds is 2. The minimum atomic E-state index is -0.383. The molecule has 3 rings (SSSR count). The Morgan fingerprint density at radius 2 is 1.79 bits per heavy atom. The van der Waals surface area contributed by atoms with Gasteiger partial charge in [0.25, 0.3) is 5.69 Å². The van der Waals surface area contributed by atoms with Gasteiger partial charge in [-0.3, -0.25) is 15.1 Å². The molecule has 92 valence electrons. The minimum Gasteiger partial charge on any atom is -0.258 e.